The zero-order valence-corrected chi connectivity index (χ0v) is 18.5. The van der Waals surface area contributed by atoms with Gasteiger partial charge in [-0.25, -0.2) is 0 Å². The molecule has 0 aliphatic heterocycles. The fourth-order valence-corrected chi connectivity index (χ4v) is 3.86. The highest BCUT2D eigenvalue weighted by Gasteiger charge is 2.05. The van der Waals surface area contributed by atoms with E-state index in [9.17, 15) is 0 Å². The van der Waals surface area contributed by atoms with Gasteiger partial charge in [-0.3, -0.25) is 0 Å². The minimum Gasteiger partial charge on any atom is -0.457 e. The van der Waals surface area contributed by atoms with Gasteiger partial charge < -0.3 is 20.9 Å². The molecule has 0 amide bonds. The molecule has 4 aromatic carbocycles. The van der Waals surface area contributed by atoms with Crippen molar-refractivity contribution < 1.29 is 9.47 Å². The van der Waals surface area contributed by atoms with Crippen LogP contribution in [0, 0.1) is 0 Å². The molecule has 0 aliphatic rings. The number of benzene rings is 4. The van der Waals surface area contributed by atoms with Crippen molar-refractivity contribution in [2.45, 2.75) is 9.79 Å². The van der Waals surface area contributed by atoms with Crippen molar-refractivity contribution >= 4 is 46.3 Å². The molecule has 0 aliphatic carbocycles. The molecule has 7 heteroatoms. The SMILES string of the molecule is Nc1ccc(Oc2ccc(Sc3ccc(Oc4ccc(N)c(Cl)c4)cc3)cc2)cc1Cl. The van der Waals surface area contributed by atoms with Gasteiger partial charge in [-0.15, -0.1) is 0 Å². The molecule has 31 heavy (non-hydrogen) atoms. The molecular formula is C24H18Cl2N2O2S. The molecule has 0 radical (unpaired) electrons. The van der Waals surface area contributed by atoms with Crippen LogP contribution in [0.25, 0.3) is 0 Å². The van der Waals surface area contributed by atoms with Crippen LogP contribution in [0.3, 0.4) is 0 Å². The van der Waals surface area contributed by atoms with E-state index in [0.29, 0.717) is 32.9 Å². The van der Waals surface area contributed by atoms with E-state index in [1.807, 2.05) is 48.5 Å². The van der Waals surface area contributed by atoms with E-state index in [2.05, 4.69) is 0 Å². The third kappa shape index (κ3) is 5.58. The number of anilines is 2. The van der Waals surface area contributed by atoms with Crippen LogP contribution in [0.5, 0.6) is 23.0 Å². The van der Waals surface area contributed by atoms with Crippen LogP contribution in [-0.4, -0.2) is 0 Å². The average molecular weight is 469 g/mol. The number of rotatable bonds is 6. The lowest BCUT2D eigenvalue weighted by Crippen LogP contribution is -1.88. The number of nitrogen functional groups attached to an aromatic ring is 2. The summed E-state index contributed by atoms with van der Waals surface area (Å²) in [4.78, 5) is 2.17. The second-order valence-electron chi connectivity index (χ2n) is 6.62. The lowest BCUT2D eigenvalue weighted by Gasteiger charge is -2.09. The van der Waals surface area contributed by atoms with Gasteiger partial charge in [0.25, 0.3) is 0 Å². The van der Waals surface area contributed by atoms with Gasteiger partial charge >= 0.3 is 0 Å². The van der Waals surface area contributed by atoms with E-state index in [4.69, 9.17) is 44.1 Å². The fraction of sp³-hybridized carbons (Fsp3) is 0. The van der Waals surface area contributed by atoms with Crippen molar-refractivity contribution in [1.82, 2.24) is 0 Å². The monoisotopic (exact) mass is 468 g/mol. The number of hydrogen-bond acceptors (Lipinski definition) is 5. The molecule has 0 saturated carbocycles. The number of hydrogen-bond donors (Lipinski definition) is 2. The van der Waals surface area contributed by atoms with Crippen molar-refractivity contribution in [2.75, 3.05) is 11.5 Å². The molecule has 0 aromatic heterocycles. The summed E-state index contributed by atoms with van der Waals surface area (Å²) in [6, 6.07) is 26.0. The maximum atomic E-state index is 6.04. The first-order chi connectivity index (χ1) is 15.0. The van der Waals surface area contributed by atoms with Crippen LogP contribution >= 0.6 is 35.0 Å². The number of ether oxygens (including phenoxy) is 2. The molecule has 4 rings (SSSR count). The fourth-order valence-electron chi connectivity index (χ4n) is 2.70. The molecule has 0 bridgehead atoms. The van der Waals surface area contributed by atoms with Crippen LogP contribution < -0.4 is 20.9 Å². The van der Waals surface area contributed by atoms with Crippen molar-refractivity contribution in [2.24, 2.45) is 0 Å². The predicted octanol–water partition coefficient (Wildman–Crippen LogP) is 7.89. The summed E-state index contributed by atoms with van der Waals surface area (Å²) in [6.45, 7) is 0. The Morgan fingerprint density at radius 2 is 0.871 bits per heavy atom. The molecular weight excluding hydrogens is 451 g/mol. The maximum Gasteiger partial charge on any atom is 0.129 e. The molecule has 0 unspecified atom stereocenters. The largest absolute Gasteiger partial charge is 0.457 e. The van der Waals surface area contributed by atoms with Gasteiger partial charge in [-0.1, -0.05) is 35.0 Å². The summed E-state index contributed by atoms with van der Waals surface area (Å²) in [6.07, 6.45) is 0. The topological polar surface area (TPSA) is 70.5 Å². The van der Waals surface area contributed by atoms with Crippen LogP contribution in [0.2, 0.25) is 10.0 Å². The average Bonchev–Trinajstić information content (AvgIpc) is 2.76. The van der Waals surface area contributed by atoms with Gasteiger partial charge in [-0.05, 0) is 72.8 Å². The molecule has 0 saturated heterocycles. The second-order valence-corrected chi connectivity index (χ2v) is 8.58. The highest BCUT2D eigenvalue weighted by atomic mass is 35.5. The minimum absolute atomic E-state index is 0.469. The van der Waals surface area contributed by atoms with Crippen LogP contribution in [0.15, 0.2) is 94.7 Å². The van der Waals surface area contributed by atoms with E-state index < -0.39 is 0 Å². The number of nitrogens with two attached hydrogens (primary N) is 2. The molecule has 0 atom stereocenters. The van der Waals surface area contributed by atoms with Gasteiger partial charge in [0.1, 0.15) is 23.0 Å². The summed E-state index contributed by atoms with van der Waals surface area (Å²) in [5.41, 5.74) is 12.5. The highest BCUT2D eigenvalue weighted by molar-refractivity contribution is 7.99. The van der Waals surface area contributed by atoms with E-state index >= 15 is 0 Å². The maximum absolute atomic E-state index is 6.04. The molecule has 0 fully saturated rings. The molecule has 4 N–H and O–H groups in total. The Hall–Kier alpha value is -2.99. The normalized spacial score (nSPS) is 10.6. The third-order valence-corrected chi connectivity index (χ3v) is 5.97. The first kappa shape index (κ1) is 21.2. The van der Waals surface area contributed by atoms with E-state index in [1.165, 1.54) is 0 Å². The molecule has 0 heterocycles. The summed E-state index contributed by atoms with van der Waals surface area (Å²) in [7, 11) is 0. The molecule has 0 spiro atoms. The van der Waals surface area contributed by atoms with Crippen molar-refractivity contribution in [3.8, 4) is 23.0 Å². The van der Waals surface area contributed by atoms with E-state index in [-0.39, 0.29) is 0 Å². The van der Waals surface area contributed by atoms with Gasteiger partial charge in [0.2, 0.25) is 0 Å². The lowest BCUT2D eigenvalue weighted by atomic mass is 10.3. The standard InChI is InChI=1S/C24H18Cl2N2O2S/c25-21-13-17(5-11-23(21)27)29-15-1-7-19(8-2-15)31-20-9-3-16(4-10-20)30-18-6-12-24(28)22(26)14-18/h1-14H,27-28H2. The smallest absolute Gasteiger partial charge is 0.129 e. The molecule has 4 nitrogen and oxygen atoms in total. The first-order valence-electron chi connectivity index (χ1n) is 9.30. The zero-order valence-electron chi connectivity index (χ0n) is 16.2. The summed E-state index contributed by atoms with van der Waals surface area (Å²) >= 11 is 13.7. The Morgan fingerprint density at radius 1 is 0.516 bits per heavy atom. The summed E-state index contributed by atoms with van der Waals surface area (Å²) < 4.78 is 11.6. The third-order valence-electron chi connectivity index (χ3n) is 4.30. The Bertz CT molecular complexity index is 1100. The Balaban J connectivity index is 1.37. The summed E-state index contributed by atoms with van der Waals surface area (Å²) in [5, 5.41) is 0.938. The van der Waals surface area contributed by atoms with Crippen LogP contribution in [0.4, 0.5) is 11.4 Å². The molecule has 156 valence electrons. The Kier molecular flexibility index (Phi) is 6.47. The van der Waals surface area contributed by atoms with Crippen molar-refractivity contribution in [1.29, 1.82) is 0 Å². The van der Waals surface area contributed by atoms with E-state index in [1.54, 1.807) is 48.2 Å². The minimum atomic E-state index is 0.469. The first-order valence-corrected chi connectivity index (χ1v) is 10.9. The van der Waals surface area contributed by atoms with Gasteiger partial charge in [0.15, 0.2) is 0 Å². The van der Waals surface area contributed by atoms with Gasteiger partial charge in [0, 0.05) is 21.9 Å². The van der Waals surface area contributed by atoms with Crippen molar-refractivity contribution in [3.63, 3.8) is 0 Å². The molecule has 4 aromatic rings. The second kappa shape index (κ2) is 9.43. The van der Waals surface area contributed by atoms with Crippen LogP contribution in [0.1, 0.15) is 0 Å². The van der Waals surface area contributed by atoms with Gasteiger partial charge in [-0.2, -0.15) is 0 Å². The Labute approximate surface area is 194 Å². The Morgan fingerprint density at radius 3 is 1.23 bits per heavy atom. The lowest BCUT2D eigenvalue weighted by molar-refractivity contribution is 0.482. The van der Waals surface area contributed by atoms with Crippen LogP contribution in [-0.2, 0) is 0 Å². The quantitative estimate of drug-likeness (QED) is 0.281. The predicted molar refractivity (Wildman–Crippen MR) is 129 cm³/mol. The zero-order chi connectivity index (χ0) is 21.8. The number of halogens is 2. The van der Waals surface area contributed by atoms with E-state index in [0.717, 1.165) is 21.3 Å². The summed E-state index contributed by atoms with van der Waals surface area (Å²) in [5.74, 6) is 2.71. The highest BCUT2D eigenvalue weighted by Crippen LogP contribution is 2.34. The van der Waals surface area contributed by atoms with Gasteiger partial charge in [0.05, 0.1) is 21.4 Å². The van der Waals surface area contributed by atoms with Crippen molar-refractivity contribution in [3.05, 3.63) is 95.0 Å².